The van der Waals surface area contributed by atoms with Gasteiger partial charge in [0.1, 0.15) is 0 Å². The maximum atomic E-state index is 11.9. The molecule has 4 heteroatoms. The molecule has 2 rings (SSSR count). The molecule has 0 aliphatic rings. The molecule has 0 radical (unpaired) electrons. The third-order valence-electron chi connectivity index (χ3n) is 3.34. The number of benzene rings is 2. The van der Waals surface area contributed by atoms with Gasteiger partial charge in [-0.15, -0.1) is 0 Å². The van der Waals surface area contributed by atoms with Gasteiger partial charge in [0.2, 0.25) is 5.91 Å². The first kappa shape index (κ1) is 15.6. The molecule has 0 saturated carbocycles. The number of hydrogen-bond acceptors (Lipinski definition) is 3. The van der Waals surface area contributed by atoms with E-state index in [2.05, 4.69) is 23.6 Å². The number of aryl methyl sites for hydroxylation is 1. The molecule has 0 aliphatic heterocycles. The van der Waals surface area contributed by atoms with Crippen LogP contribution in [0, 0.1) is 11.3 Å². The molecule has 112 valence electrons. The van der Waals surface area contributed by atoms with Crippen LogP contribution in [0.3, 0.4) is 0 Å². The average molecular weight is 293 g/mol. The van der Waals surface area contributed by atoms with E-state index in [-0.39, 0.29) is 12.5 Å². The van der Waals surface area contributed by atoms with E-state index < -0.39 is 0 Å². The molecular formula is C18H19N3O. The highest BCUT2D eigenvalue weighted by Crippen LogP contribution is 2.11. The molecule has 4 nitrogen and oxygen atoms in total. The van der Waals surface area contributed by atoms with E-state index in [1.54, 1.807) is 12.1 Å². The zero-order chi connectivity index (χ0) is 15.8. The Labute approximate surface area is 130 Å². The number of nitriles is 1. The molecule has 0 aliphatic carbocycles. The summed E-state index contributed by atoms with van der Waals surface area (Å²) in [7, 11) is 0. The summed E-state index contributed by atoms with van der Waals surface area (Å²) in [6.45, 7) is 2.32. The highest BCUT2D eigenvalue weighted by atomic mass is 16.1. The van der Waals surface area contributed by atoms with Crippen molar-refractivity contribution in [3.05, 3.63) is 59.7 Å². The van der Waals surface area contributed by atoms with Gasteiger partial charge in [0.15, 0.2) is 0 Å². The minimum absolute atomic E-state index is 0.104. The normalized spacial score (nSPS) is 9.82. The lowest BCUT2D eigenvalue weighted by molar-refractivity contribution is -0.114. The Kier molecular flexibility index (Phi) is 5.56. The van der Waals surface area contributed by atoms with Crippen LogP contribution < -0.4 is 10.6 Å². The quantitative estimate of drug-likeness (QED) is 0.858. The molecular weight excluding hydrogens is 274 g/mol. The van der Waals surface area contributed by atoms with E-state index in [0.29, 0.717) is 6.42 Å². The predicted octanol–water partition coefficient (Wildman–Crippen LogP) is 3.37. The fourth-order valence-corrected chi connectivity index (χ4v) is 2.04. The summed E-state index contributed by atoms with van der Waals surface area (Å²) in [6.07, 6.45) is 1.38. The van der Waals surface area contributed by atoms with Crippen molar-refractivity contribution in [1.29, 1.82) is 5.26 Å². The van der Waals surface area contributed by atoms with E-state index in [0.717, 1.165) is 23.4 Å². The summed E-state index contributed by atoms with van der Waals surface area (Å²) in [5, 5.41) is 14.5. The van der Waals surface area contributed by atoms with Gasteiger partial charge in [-0.25, -0.2) is 0 Å². The minimum atomic E-state index is -0.104. The molecule has 0 unspecified atom stereocenters. The largest absolute Gasteiger partial charge is 0.376 e. The number of rotatable bonds is 6. The Bertz CT molecular complexity index is 654. The number of carbonyl (C=O) groups excluding carboxylic acids is 1. The van der Waals surface area contributed by atoms with Crippen LogP contribution >= 0.6 is 0 Å². The first-order chi connectivity index (χ1) is 10.7. The van der Waals surface area contributed by atoms with Crippen molar-refractivity contribution >= 4 is 17.3 Å². The lowest BCUT2D eigenvalue weighted by atomic mass is 10.1. The Balaban J connectivity index is 1.83. The van der Waals surface area contributed by atoms with Crippen molar-refractivity contribution in [2.45, 2.75) is 19.8 Å². The molecule has 0 saturated heterocycles. The van der Waals surface area contributed by atoms with Crippen LogP contribution in [0.2, 0.25) is 0 Å². The molecule has 0 heterocycles. The van der Waals surface area contributed by atoms with Gasteiger partial charge in [-0.2, -0.15) is 5.26 Å². The molecule has 22 heavy (non-hydrogen) atoms. The zero-order valence-corrected chi connectivity index (χ0v) is 12.6. The standard InChI is InChI=1S/C18H19N3O/c1-2-14-3-7-16(8-4-14)20-13-18(22)21-17-9-5-15(6-10-17)11-12-19/h3-10,20H,2,11,13H2,1H3,(H,21,22). The van der Waals surface area contributed by atoms with Crippen LogP contribution in [0.15, 0.2) is 48.5 Å². The van der Waals surface area contributed by atoms with Gasteiger partial charge in [0.05, 0.1) is 19.0 Å². The molecule has 2 aromatic rings. The number of hydrogen-bond donors (Lipinski definition) is 2. The summed E-state index contributed by atoms with van der Waals surface area (Å²) in [4.78, 5) is 11.9. The van der Waals surface area contributed by atoms with E-state index in [9.17, 15) is 4.79 Å². The van der Waals surface area contributed by atoms with Crippen molar-refractivity contribution in [1.82, 2.24) is 0 Å². The van der Waals surface area contributed by atoms with Crippen LogP contribution in [-0.4, -0.2) is 12.5 Å². The fourth-order valence-electron chi connectivity index (χ4n) is 2.04. The van der Waals surface area contributed by atoms with Gasteiger partial charge in [-0.3, -0.25) is 4.79 Å². The second-order valence-electron chi connectivity index (χ2n) is 4.98. The van der Waals surface area contributed by atoms with Crippen molar-refractivity contribution in [2.24, 2.45) is 0 Å². The SMILES string of the molecule is CCc1ccc(NCC(=O)Nc2ccc(CC#N)cc2)cc1. The molecule has 0 atom stereocenters. The van der Waals surface area contributed by atoms with E-state index >= 15 is 0 Å². The smallest absolute Gasteiger partial charge is 0.243 e. The van der Waals surface area contributed by atoms with Gasteiger partial charge < -0.3 is 10.6 Å². The average Bonchev–Trinajstić information content (AvgIpc) is 2.55. The highest BCUT2D eigenvalue weighted by Gasteiger charge is 2.02. The Hall–Kier alpha value is -2.80. The van der Waals surface area contributed by atoms with Crippen molar-refractivity contribution in [2.75, 3.05) is 17.2 Å². The Morgan fingerprint density at radius 2 is 1.59 bits per heavy atom. The number of nitrogens with zero attached hydrogens (tertiary/aromatic N) is 1. The molecule has 2 aromatic carbocycles. The first-order valence-corrected chi connectivity index (χ1v) is 7.30. The number of nitrogens with one attached hydrogen (secondary N) is 2. The highest BCUT2D eigenvalue weighted by molar-refractivity contribution is 5.93. The fraction of sp³-hybridized carbons (Fsp3) is 0.222. The van der Waals surface area contributed by atoms with E-state index in [1.807, 2.05) is 36.4 Å². The summed E-state index contributed by atoms with van der Waals surface area (Å²) < 4.78 is 0. The molecule has 0 fully saturated rings. The summed E-state index contributed by atoms with van der Waals surface area (Å²) in [6, 6.07) is 17.4. The second-order valence-corrected chi connectivity index (χ2v) is 4.98. The molecule has 0 aromatic heterocycles. The van der Waals surface area contributed by atoms with Crippen molar-refractivity contribution in [3.8, 4) is 6.07 Å². The Morgan fingerprint density at radius 3 is 2.18 bits per heavy atom. The van der Waals surface area contributed by atoms with Gasteiger partial charge >= 0.3 is 0 Å². The lowest BCUT2D eigenvalue weighted by Crippen LogP contribution is -2.21. The first-order valence-electron chi connectivity index (χ1n) is 7.30. The monoisotopic (exact) mass is 293 g/mol. The number of amides is 1. The van der Waals surface area contributed by atoms with Gasteiger partial charge in [-0.1, -0.05) is 31.2 Å². The van der Waals surface area contributed by atoms with Crippen molar-refractivity contribution < 1.29 is 4.79 Å². The lowest BCUT2D eigenvalue weighted by Gasteiger charge is -2.08. The summed E-state index contributed by atoms with van der Waals surface area (Å²) >= 11 is 0. The summed E-state index contributed by atoms with van der Waals surface area (Å²) in [5.41, 5.74) is 3.87. The van der Waals surface area contributed by atoms with Crippen LogP contribution in [-0.2, 0) is 17.6 Å². The van der Waals surface area contributed by atoms with Crippen LogP contribution in [0.1, 0.15) is 18.1 Å². The predicted molar refractivity (Wildman–Crippen MR) is 88.7 cm³/mol. The summed E-state index contributed by atoms with van der Waals surface area (Å²) in [5.74, 6) is -0.104. The van der Waals surface area contributed by atoms with Crippen LogP contribution in [0.25, 0.3) is 0 Å². The number of carbonyl (C=O) groups is 1. The maximum absolute atomic E-state index is 11.9. The molecule has 0 bridgehead atoms. The zero-order valence-electron chi connectivity index (χ0n) is 12.6. The second kappa shape index (κ2) is 7.84. The van der Waals surface area contributed by atoms with Gasteiger partial charge in [0, 0.05) is 11.4 Å². The van der Waals surface area contributed by atoms with Crippen LogP contribution in [0.4, 0.5) is 11.4 Å². The minimum Gasteiger partial charge on any atom is -0.376 e. The maximum Gasteiger partial charge on any atom is 0.243 e. The third kappa shape index (κ3) is 4.64. The van der Waals surface area contributed by atoms with Gasteiger partial charge in [0.25, 0.3) is 0 Å². The number of anilines is 2. The van der Waals surface area contributed by atoms with E-state index in [1.165, 1.54) is 5.56 Å². The van der Waals surface area contributed by atoms with Crippen LogP contribution in [0.5, 0.6) is 0 Å². The topological polar surface area (TPSA) is 64.9 Å². The molecule has 1 amide bonds. The third-order valence-corrected chi connectivity index (χ3v) is 3.34. The Morgan fingerprint density at radius 1 is 1.00 bits per heavy atom. The molecule has 0 spiro atoms. The van der Waals surface area contributed by atoms with Crippen molar-refractivity contribution in [3.63, 3.8) is 0 Å². The molecule has 2 N–H and O–H groups in total. The van der Waals surface area contributed by atoms with Gasteiger partial charge in [-0.05, 0) is 41.8 Å². The van der Waals surface area contributed by atoms with E-state index in [4.69, 9.17) is 5.26 Å².